The Bertz CT molecular complexity index is 246. The van der Waals surface area contributed by atoms with Crippen LogP contribution in [0.25, 0.3) is 0 Å². The summed E-state index contributed by atoms with van der Waals surface area (Å²) in [6.45, 7) is 6.35. The molecule has 1 unspecified atom stereocenters. The fourth-order valence-corrected chi connectivity index (χ4v) is 2.46. The van der Waals surface area contributed by atoms with Crippen molar-refractivity contribution in [3.63, 3.8) is 0 Å². The maximum atomic E-state index is 11.1. The van der Waals surface area contributed by atoms with Crippen molar-refractivity contribution in [2.24, 2.45) is 11.3 Å². The van der Waals surface area contributed by atoms with Crippen LogP contribution in [0.1, 0.15) is 33.1 Å². The monoisotopic (exact) mass is 197 g/mol. The molecular formula is C11H19NO2. The molecule has 1 atom stereocenters. The molecule has 14 heavy (non-hydrogen) atoms. The Morgan fingerprint density at radius 3 is 2.50 bits per heavy atom. The van der Waals surface area contributed by atoms with Crippen LogP contribution in [0.2, 0.25) is 0 Å². The normalized spacial score (nSPS) is 29.0. The number of hydrogen-bond donors (Lipinski definition) is 1. The minimum atomic E-state index is -0.620. The van der Waals surface area contributed by atoms with E-state index in [2.05, 4.69) is 18.7 Å². The summed E-state index contributed by atoms with van der Waals surface area (Å²) in [4.78, 5) is 13.3. The Labute approximate surface area is 85.1 Å². The molecule has 3 heteroatoms. The quantitative estimate of drug-likeness (QED) is 0.746. The highest BCUT2D eigenvalue weighted by Gasteiger charge is 2.44. The number of nitrogens with zero attached hydrogens (tertiary/aromatic N) is 1. The Morgan fingerprint density at radius 2 is 2.14 bits per heavy atom. The maximum Gasteiger partial charge on any atom is 0.321 e. The Hall–Kier alpha value is -0.570. The summed E-state index contributed by atoms with van der Waals surface area (Å²) >= 11 is 0. The van der Waals surface area contributed by atoms with Crippen LogP contribution in [0.4, 0.5) is 0 Å². The maximum absolute atomic E-state index is 11.1. The van der Waals surface area contributed by atoms with Gasteiger partial charge in [0.25, 0.3) is 0 Å². The zero-order valence-corrected chi connectivity index (χ0v) is 8.99. The summed E-state index contributed by atoms with van der Waals surface area (Å²) in [5.74, 6) is -0.188. The van der Waals surface area contributed by atoms with Crippen molar-refractivity contribution >= 4 is 5.97 Å². The second kappa shape index (κ2) is 3.23. The van der Waals surface area contributed by atoms with Crippen molar-refractivity contribution in [2.75, 3.05) is 13.1 Å². The van der Waals surface area contributed by atoms with E-state index in [1.807, 2.05) is 0 Å². The predicted molar refractivity (Wildman–Crippen MR) is 54.1 cm³/mol. The van der Waals surface area contributed by atoms with Crippen LogP contribution in [0.15, 0.2) is 0 Å². The van der Waals surface area contributed by atoms with Gasteiger partial charge in [-0.2, -0.15) is 0 Å². The molecule has 0 amide bonds. The molecule has 2 aliphatic rings. The van der Waals surface area contributed by atoms with Gasteiger partial charge in [0.2, 0.25) is 0 Å². The minimum absolute atomic E-state index is 0.197. The fraction of sp³-hybridized carbons (Fsp3) is 0.909. The van der Waals surface area contributed by atoms with Crippen LogP contribution in [-0.4, -0.2) is 35.1 Å². The van der Waals surface area contributed by atoms with E-state index in [0.717, 1.165) is 32.4 Å². The van der Waals surface area contributed by atoms with Crippen molar-refractivity contribution in [1.29, 1.82) is 0 Å². The first-order valence-electron chi connectivity index (χ1n) is 5.46. The summed E-state index contributed by atoms with van der Waals surface area (Å²) < 4.78 is 0. The second-order valence-electron chi connectivity index (χ2n) is 5.51. The molecule has 0 aromatic heterocycles. The molecule has 3 nitrogen and oxygen atoms in total. The fourth-order valence-electron chi connectivity index (χ4n) is 2.46. The molecule has 0 radical (unpaired) electrons. The van der Waals surface area contributed by atoms with Gasteiger partial charge in [-0.25, -0.2) is 0 Å². The Balaban J connectivity index is 2.02. The van der Waals surface area contributed by atoms with Crippen molar-refractivity contribution < 1.29 is 9.90 Å². The van der Waals surface area contributed by atoms with Crippen LogP contribution >= 0.6 is 0 Å². The van der Waals surface area contributed by atoms with E-state index in [-0.39, 0.29) is 6.04 Å². The van der Waals surface area contributed by atoms with Gasteiger partial charge in [-0.3, -0.25) is 9.69 Å². The average molecular weight is 197 g/mol. The van der Waals surface area contributed by atoms with E-state index in [1.54, 1.807) is 0 Å². The molecule has 0 aromatic carbocycles. The van der Waals surface area contributed by atoms with E-state index in [0.29, 0.717) is 11.3 Å². The van der Waals surface area contributed by atoms with Crippen LogP contribution in [0, 0.1) is 11.3 Å². The molecule has 1 N–H and O–H groups in total. The molecule has 2 rings (SSSR count). The topological polar surface area (TPSA) is 40.5 Å². The first kappa shape index (κ1) is 9.97. The van der Waals surface area contributed by atoms with Crippen molar-refractivity contribution in [3.8, 4) is 0 Å². The molecule has 0 bridgehead atoms. The van der Waals surface area contributed by atoms with Gasteiger partial charge in [0.1, 0.15) is 6.04 Å². The summed E-state index contributed by atoms with van der Waals surface area (Å²) in [6, 6.07) is -0.197. The van der Waals surface area contributed by atoms with Crippen LogP contribution in [0.3, 0.4) is 0 Å². The average Bonchev–Trinajstić information content (AvgIpc) is 2.78. The predicted octanol–water partition coefficient (Wildman–Crippen LogP) is 1.58. The Morgan fingerprint density at radius 1 is 1.50 bits per heavy atom. The Kier molecular flexibility index (Phi) is 2.30. The molecule has 1 aliphatic carbocycles. The van der Waals surface area contributed by atoms with Gasteiger partial charge in [-0.15, -0.1) is 0 Å². The number of hydrogen-bond acceptors (Lipinski definition) is 2. The first-order chi connectivity index (χ1) is 6.49. The van der Waals surface area contributed by atoms with Gasteiger partial charge in [0.05, 0.1) is 0 Å². The van der Waals surface area contributed by atoms with Crippen molar-refractivity contribution in [2.45, 2.75) is 39.2 Å². The van der Waals surface area contributed by atoms with E-state index in [9.17, 15) is 9.90 Å². The third kappa shape index (κ3) is 1.92. The van der Waals surface area contributed by atoms with E-state index in [4.69, 9.17) is 0 Å². The number of likely N-dealkylation sites (tertiary alicyclic amines) is 1. The van der Waals surface area contributed by atoms with Gasteiger partial charge in [-0.05, 0) is 37.1 Å². The van der Waals surface area contributed by atoms with Crippen molar-refractivity contribution in [1.82, 2.24) is 4.90 Å². The highest BCUT2D eigenvalue weighted by Crippen LogP contribution is 2.39. The molecule has 1 aliphatic heterocycles. The largest absolute Gasteiger partial charge is 0.480 e. The first-order valence-corrected chi connectivity index (χ1v) is 5.46. The molecule has 1 saturated heterocycles. The molecule has 2 fully saturated rings. The van der Waals surface area contributed by atoms with E-state index >= 15 is 0 Å². The molecule has 0 spiro atoms. The van der Waals surface area contributed by atoms with Crippen molar-refractivity contribution in [3.05, 3.63) is 0 Å². The lowest BCUT2D eigenvalue weighted by Gasteiger charge is -2.25. The summed E-state index contributed by atoms with van der Waals surface area (Å²) in [5, 5.41) is 9.17. The summed E-state index contributed by atoms with van der Waals surface area (Å²) in [6.07, 6.45) is 3.34. The van der Waals surface area contributed by atoms with E-state index in [1.165, 1.54) is 0 Å². The number of carboxylic acids is 1. The van der Waals surface area contributed by atoms with Gasteiger partial charge in [-0.1, -0.05) is 13.8 Å². The highest BCUT2D eigenvalue weighted by molar-refractivity contribution is 5.74. The lowest BCUT2D eigenvalue weighted by Crippen LogP contribution is -2.42. The number of carbonyl (C=O) groups is 1. The molecule has 80 valence electrons. The van der Waals surface area contributed by atoms with Crippen LogP contribution < -0.4 is 0 Å². The molecular weight excluding hydrogens is 178 g/mol. The standard InChI is InChI=1S/C11H19NO2/c1-11(2)5-6-12(7-11)9(10(13)14)8-3-4-8/h8-9H,3-7H2,1-2H3,(H,13,14). The minimum Gasteiger partial charge on any atom is -0.480 e. The zero-order chi connectivity index (χ0) is 10.3. The molecule has 1 saturated carbocycles. The molecule has 0 aromatic rings. The lowest BCUT2D eigenvalue weighted by molar-refractivity contribution is -0.143. The SMILES string of the molecule is CC1(C)CCN(C(C(=O)O)C2CC2)C1. The zero-order valence-electron chi connectivity index (χ0n) is 8.99. The van der Waals surface area contributed by atoms with E-state index < -0.39 is 5.97 Å². The number of carboxylic acid groups (broad SMARTS) is 1. The number of rotatable bonds is 3. The summed E-state index contributed by atoms with van der Waals surface area (Å²) in [5.41, 5.74) is 0.308. The third-order valence-electron chi connectivity index (χ3n) is 3.42. The third-order valence-corrected chi connectivity index (χ3v) is 3.42. The van der Waals surface area contributed by atoms with Gasteiger partial charge in [0.15, 0.2) is 0 Å². The number of aliphatic carboxylic acids is 1. The summed E-state index contributed by atoms with van der Waals surface area (Å²) in [7, 11) is 0. The van der Waals surface area contributed by atoms with Crippen LogP contribution in [0.5, 0.6) is 0 Å². The second-order valence-corrected chi connectivity index (χ2v) is 5.51. The van der Waals surface area contributed by atoms with Gasteiger partial charge in [0, 0.05) is 6.54 Å². The molecule has 1 heterocycles. The van der Waals surface area contributed by atoms with Gasteiger partial charge >= 0.3 is 5.97 Å². The lowest BCUT2D eigenvalue weighted by atomic mass is 9.93. The smallest absolute Gasteiger partial charge is 0.321 e. The highest BCUT2D eigenvalue weighted by atomic mass is 16.4. The van der Waals surface area contributed by atoms with Gasteiger partial charge < -0.3 is 5.11 Å². The van der Waals surface area contributed by atoms with Crippen LogP contribution in [-0.2, 0) is 4.79 Å².